The first-order valence-electron chi connectivity index (χ1n) is 7.23. The van der Waals surface area contributed by atoms with E-state index in [4.69, 9.17) is 5.11 Å². The van der Waals surface area contributed by atoms with E-state index in [2.05, 4.69) is 19.2 Å². The van der Waals surface area contributed by atoms with Crippen LogP contribution in [0.25, 0.3) is 0 Å². The fourth-order valence-electron chi connectivity index (χ4n) is 2.75. The zero-order valence-electron chi connectivity index (χ0n) is 12.6. The van der Waals surface area contributed by atoms with E-state index in [1.807, 2.05) is 0 Å². The highest BCUT2D eigenvalue weighted by Crippen LogP contribution is 2.29. The Labute approximate surface area is 125 Å². The first-order valence-corrected chi connectivity index (χ1v) is 7.23. The molecule has 0 bridgehead atoms. The van der Waals surface area contributed by atoms with Crippen LogP contribution in [-0.4, -0.2) is 35.1 Å². The van der Waals surface area contributed by atoms with E-state index in [1.165, 1.54) is 0 Å². The second-order valence-electron chi connectivity index (χ2n) is 6.35. The molecule has 1 saturated heterocycles. The summed E-state index contributed by atoms with van der Waals surface area (Å²) in [5.74, 6) is -0.907. The summed E-state index contributed by atoms with van der Waals surface area (Å²) in [5.41, 5.74) is 1.33. The third-order valence-corrected chi connectivity index (χ3v) is 3.79. The minimum absolute atomic E-state index is 0.0953. The number of carbonyl (C=O) groups is 2. The topological polar surface area (TPSA) is 69.6 Å². The minimum Gasteiger partial charge on any atom is -0.481 e. The Morgan fingerprint density at radius 2 is 2.05 bits per heavy atom. The highest BCUT2D eigenvalue weighted by Gasteiger charge is 2.29. The van der Waals surface area contributed by atoms with E-state index >= 15 is 0 Å². The maximum absolute atomic E-state index is 12.4. The molecular formula is C16H22N2O3. The van der Waals surface area contributed by atoms with Crippen LogP contribution >= 0.6 is 0 Å². The van der Waals surface area contributed by atoms with Gasteiger partial charge in [-0.1, -0.05) is 32.0 Å². The van der Waals surface area contributed by atoms with Gasteiger partial charge in [-0.2, -0.15) is 0 Å². The molecule has 0 spiro atoms. The zero-order valence-corrected chi connectivity index (χ0v) is 12.6. The van der Waals surface area contributed by atoms with Crippen molar-refractivity contribution in [3.63, 3.8) is 0 Å². The molecule has 0 aliphatic carbocycles. The van der Waals surface area contributed by atoms with Crippen molar-refractivity contribution in [3.8, 4) is 0 Å². The van der Waals surface area contributed by atoms with E-state index in [0.29, 0.717) is 11.3 Å². The smallest absolute Gasteiger partial charge is 0.321 e. The van der Waals surface area contributed by atoms with Crippen molar-refractivity contribution < 1.29 is 14.7 Å². The van der Waals surface area contributed by atoms with Gasteiger partial charge in [0.1, 0.15) is 0 Å². The molecule has 114 valence electrons. The van der Waals surface area contributed by atoms with Crippen LogP contribution in [0.4, 0.5) is 10.5 Å². The summed E-state index contributed by atoms with van der Waals surface area (Å²) in [5, 5.41) is 11.8. The lowest BCUT2D eigenvalue weighted by Crippen LogP contribution is -2.45. The number of carbonyl (C=O) groups excluding carboxylic acids is 1. The summed E-state index contributed by atoms with van der Waals surface area (Å²) < 4.78 is 0. The molecule has 5 nitrogen and oxygen atoms in total. The van der Waals surface area contributed by atoms with Gasteiger partial charge in [-0.05, 0) is 29.9 Å². The van der Waals surface area contributed by atoms with Gasteiger partial charge < -0.3 is 15.3 Å². The molecule has 0 unspecified atom stereocenters. The van der Waals surface area contributed by atoms with E-state index in [1.54, 1.807) is 29.2 Å². The molecule has 0 aromatic heterocycles. The summed E-state index contributed by atoms with van der Waals surface area (Å²) in [6.45, 7) is 5.78. The number of rotatable bonds is 3. The van der Waals surface area contributed by atoms with Crippen LogP contribution in [0.5, 0.6) is 0 Å². The first kappa shape index (κ1) is 15.4. The van der Waals surface area contributed by atoms with Crippen molar-refractivity contribution >= 4 is 17.7 Å². The predicted octanol–water partition coefficient (Wildman–Crippen LogP) is 2.97. The van der Waals surface area contributed by atoms with Gasteiger partial charge in [0, 0.05) is 18.8 Å². The molecule has 2 rings (SSSR count). The Morgan fingerprint density at radius 3 is 2.71 bits per heavy atom. The van der Waals surface area contributed by atoms with Crippen LogP contribution in [0.1, 0.15) is 32.3 Å². The number of piperidine rings is 1. The molecular weight excluding hydrogens is 268 g/mol. The largest absolute Gasteiger partial charge is 0.481 e. The molecule has 2 amide bonds. The van der Waals surface area contributed by atoms with E-state index < -0.39 is 5.97 Å². The molecule has 0 atom stereocenters. The third-order valence-electron chi connectivity index (χ3n) is 3.79. The molecule has 1 heterocycles. The quantitative estimate of drug-likeness (QED) is 0.899. The van der Waals surface area contributed by atoms with Crippen LogP contribution in [0.3, 0.4) is 0 Å². The number of nitrogens with zero attached hydrogens (tertiary/aromatic N) is 1. The minimum atomic E-state index is -0.907. The second kappa shape index (κ2) is 6.16. The van der Waals surface area contributed by atoms with Crippen molar-refractivity contribution in [2.24, 2.45) is 5.41 Å². The lowest BCUT2D eigenvalue weighted by atomic mass is 9.84. The van der Waals surface area contributed by atoms with Gasteiger partial charge in [0.2, 0.25) is 0 Å². The highest BCUT2D eigenvalue weighted by molar-refractivity contribution is 5.91. The molecule has 1 fully saturated rings. The average molecular weight is 290 g/mol. The van der Waals surface area contributed by atoms with Crippen LogP contribution in [0.2, 0.25) is 0 Å². The molecule has 1 aliphatic heterocycles. The van der Waals surface area contributed by atoms with Crippen LogP contribution < -0.4 is 5.32 Å². The molecule has 21 heavy (non-hydrogen) atoms. The number of nitrogens with one attached hydrogen (secondary N) is 1. The molecule has 5 heteroatoms. The number of aliphatic carboxylic acids is 1. The van der Waals surface area contributed by atoms with Gasteiger partial charge >= 0.3 is 12.0 Å². The normalized spacial score (nSPS) is 17.3. The molecule has 1 aromatic rings. The van der Waals surface area contributed by atoms with Gasteiger partial charge in [-0.15, -0.1) is 0 Å². The molecule has 1 aromatic carbocycles. The van der Waals surface area contributed by atoms with Crippen LogP contribution in [0.15, 0.2) is 24.3 Å². The molecule has 1 aliphatic rings. The lowest BCUT2D eigenvalue weighted by Gasteiger charge is -2.38. The highest BCUT2D eigenvalue weighted by atomic mass is 16.4. The summed E-state index contributed by atoms with van der Waals surface area (Å²) in [4.78, 5) is 25.0. The van der Waals surface area contributed by atoms with Gasteiger partial charge in [0.15, 0.2) is 0 Å². The van der Waals surface area contributed by atoms with Crippen LogP contribution in [0, 0.1) is 5.41 Å². The van der Waals surface area contributed by atoms with E-state index in [9.17, 15) is 9.59 Å². The van der Waals surface area contributed by atoms with E-state index in [-0.39, 0.29) is 17.9 Å². The number of urea groups is 1. The Balaban J connectivity index is 2.07. The first-order chi connectivity index (χ1) is 9.87. The van der Waals surface area contributed by atoms with Crippen molar-refractivity contribution in [3.05, 3.63) is 29.8 Å². The van der Waals surface area contributed by atoms with Crippen molar-refractivity contribution in [2.45, 2.75) is 33.1 Å². The van der Waals surface area contributed by atoms with Crippen molar-refractivity contribution in [1.29, 1.82) is 0 Å². The SMILES string of the molecule is CC1(C)CCCN(C(=O)Nc2ccccc2CC(=O)O)C1. The molecule has 0 radical (unpaired) electrons. The van der Waals surface area contributed by atoms with Crippen molar-refractivity contribution in [1.82, 2.24) is 4.90 Å². The van der Waals surface area contributed by atoms with E-state index in [0.717, 1.165) is 25.9 Å². The number of likely N-dealkylation sites (tertiary alicyclic amines) is 1. The summed E-state index contributed by atoms with van der Waals surface area (Å²) >= 11 is 0. The predicted molar refractivity (Wildman–Crippen MR) is 81.4 cm³/mol. The molecule has 0 saturated carbocycles. The number of carboxylic acids is 1. The number of amides is 2. The van der Waals surface area contributed by atoms with Gasteiger partial charge in [-0.25, -0.2) is 4.79 Å². The average Bonchev–Trinajstić information content (AvgIpc) is 2.39. The third kappa shape index (κ3) is 4.21. The lowest BCUT2D eigenvalue weighted by molar-refractivity contribution is -0.136. The maximum atomic E-state index is 12.4. The number of benzene rings is 1. The van der Waals surface area contributed by atoms with Gasteiger partial charge in [0.05, 0.1) is 6.42 Å². The second-order valence-corrected chi connectivity index (χ2v) is 6.35. The fourth-order valence-corrected chi connectivity index (χ4v) is 2.75. The Kier molecular flexibility index (Phi) is 4.50. The summed E-state index contributed by atoms with van der Waals surface area (Å²) in [6.07, 6.45) is 2.02. The van der Waals surface area contributed by atoms with Crippen LogP contribution in [-0.2, 0) is 11.2 Å². The van der Waals surface area contributed by atoms with Gasteiger partial charge in [0.25, 0.3) is 0 Å². The standard InChI is InChI=1S/C16H22N2O3/c1-16(2)8-5-9-18(11-16)15(21)17-13-7-4-3-6-12(13)10-14(19)20/h3-4,6-7H,5,8-11H2,1-2H3,(H,17,21)(H,19,20). The number of carboxylic acid groups (broad SMARTS) is 1. The number of hydrogen-bond donors (Lipinski definition) is 2. The maximum Gasteiger partial charge on any atom is 0.321 e. The Bertz CT molecular complexity index is 540. The summed E-state index contributed by atoms with van der Waals surface area (Å²) in [6, 6.07) is 6.88. The zero-order chi connectivity index (χ0) is 15.5. The van der Waals surface area contributed by atoms with Crippen molar-refractivity contribution in [2.75, 3.05) is 18.4 Å². The monoisotopic (exact) mass is 290 g/mol. The molecule has 2 N–H and O–H groups in total. The Hall–Kier alpha value is -2.04. The number of anilines is 1. The fraction of sp³-hybridized carbons (Fsp3) is 0.500. The van der Waals surface area contributed by atoms with Gasteiger partial charge in [-0.3, -0.25) is 4.79 Å². The number of para-hydroxylation sites is 1. The number of hydrogen-bond acceptors (Lipinski definition) is 2. The summed E-state index contributed by atoms with van der Waals surface area (Å²) in [7, 11) is 0. The Morgan fingerprint density at radius 1 is 1.33 bits per heavy atom.